The smallest absolute Gasteiger partial charge is 0.246 e. The van der Waals surface area contributed by atoms with Crippen molar-refractivity contribution in [2.45, 2.75) is 51.6 Å². The lowest BCUT2D eigenvalue weighted by Crippen LogP contribution is -2.64. The Bertz CT molecular complexity index is 469. The van der Waals surface area contributed by atoms with Crippen LogP contribution in [-0.2, 0) is 9.59 Å². The highest BCUT2D eigenvalue weighted by molar-refractivity contribution is 5.92. The molecule has 1 aliphatic heterocycles. The molecule has 0 spiro atoms. The van der Waals surface area contributed by atoms with Crippen LogP contribution in [0, 0.1) is 17.8 Å². The van der Waals surface area contributed by atoms with Crippen molar-refractivity contribution in [2.75, 3.05) is 13.1 Å². The molecule has 2 unspecified atom stereocenters. The van der Waals surface area contributed by atoms with Gasteiger partial charge in [0.05, 0.1) is 0 Å². The van der Waals surface area contributed by atoms with Crippen molar-refractivity contribution >= 4 is 11.8 Å². The van der Waals surface area contributed by atoms with E-state index in [1.807, 2.05) is 26.8 Å². The van der Waals surface area contributed by atoms with Gasteiger partial charge in [-0.3, -0.25) is 9.59 Å². The number of rotatable bonds is 4. The highest BCUT2D eigenvalue weighted by Gasteiger charge is 2.58. The molecular formula is C17H29N3O2. The highest BCUT2D eigenvalue weighted by atomic mass is 16.2. The molecule has 0 bridgehead atoms. The maximum absolute atomic E-state index is 13.1. The van der Waals surface area contributed by atoms with Crippen LogP contribution in [0.5, 0.6) is 0 Å². The van der Waals surface area contributed by atoms with E-state index < -0.39 is 5.54 Å². The van der Waals surface area contributed by atoms with Crippen molar-refractivity contribution in [1.82, 2.24) is 16.0 Å². The summed E-state index contributed by atoms with van der Waals surface area (Å²) in [5.41, 5.74) is -1.14. The number of hydrogen-bond acceptors (Lipinski definition) is 3. The molecule has 3 N–H and O–H groups in total. The third-order valence-electron chi connectivity index (χ3n) is 4.84. The maximum Gasteiger partial charge on any atom is 0.246 e. The van der Waals surface area contributed by atoms with Gasteiger partial charge in [-0.05, 0) is 64.5 Å². The van der Waals surface area contributed by atoms with E-state index >= 15 is 0 Å². The van der Waals surface area contributed by atoms with Crippen LogP contribution in [0.1, 0.15) is 40.5 Å². The first-order valence-corrected chi connectivity index (χ1v) is 8.12. The molecule has 2 aliphatic rings. The molecule has 0 aromatic carbocycles. The lowest BCUT2D eigenvalue weighted by atomic mass is 9.79. The number of fused-ring (bicyclic) bond motifs is 1. The fourth-order valence-corrected chi connectivity index (χ4v) is 4.16. The van der Waals surface area contributed by atoms with Crippen molar-refractivity contribution in [1.29, 1.82) is 0 Å². The molecule has 5 heteroatoms. The van der Waals surface area contributed by atoms with E-state index in [2.05, 4.69) is 22.5 Å². The predicted molar refractivity (Wildman–Crippen MR) is 87.2 cm³/mol. The molecule has 0 radical (unpaired) electrons. The van der Waals surface area contributed by atoms with Gasteiger partial charge < -0.3 is 16.0 Å². The summed E-state index contributed by atoms with van der Waals surface area (Å²) in [5.74, 6) is 0.733. The molecule has 2 fully saturated rings. The van der Waals surface area contributed by atoms with Gasteiger partial charge in [0.15, 0.2) is 0 Å². The van der Waals surface area contributed by atoms with E-state index in [4.69, 9.17) is 0 Å². The van der Waals surface area contributed by atoms with Crippen molar-refractivity contribution in [3.63, 3.8) is 0 Å². The Morgan fingerprint density at radius 2 is 2.05 bits per heavy atom. The topological polar surface area (TPSA) is 70.2 Å². The average molecular weight is 307 g/mol. The number of nitrogens with one attached hydrogen (secondary N) is 3. The number of hydrogen-bond donors (Lipinski definition) is 3. The van der Waals surface area contributed by atoms with Gasteiger partial charge in [0.1, 0.15) is 5.54 Å². The van der Waals surface area contributed by atoms with E-state index in [-0.39, 0.29) is 23.3 Å². The van der Waals surface area contributed by atoms with Gasteiger partial charge in [-0.25, -0.2) is 0 Å². The second-order valence-corrected chi connectivity index (χ2v) is 7.77. The van der Waals surface area contributed by atoms with Crippen LogP contribution >= 0.6 is 0 Å². The molecule has 1 saturated carbocycles. The maximum atomic E-state index is 13.1. The molecule has 0 aromatic heterocycles. The van der Waals surface area contributed by atoms with E-state index in [9.17, 15) is 9.59 Å². The minimum atomic E-state index is -0.815. The molecule has 1 aliphatic carbocycles. The van der Waals surface area contributed by atoms with E-state index in [1.54, 1.807) is 0 Å². The predicted octanol–water partition coefficient (Wildman–Crippen LogP) is 1.21. The van der Waals surface area contributed by atoms with Crippen LogP contribution < -0.4 is 16.0 Å². The zero-order chi connectivity index (χ0) is 16.5. The van der Waals surface area contributed by atoms with Crippen LogP contribution in [0.2, 0.25) is 0 Å². The van der Waals surface area contributed by atoms with E-state index in [1.165, 1.54) is 6.92 Å². The van der Waals surface area contributed by atoms with Crippen LogP contribution in [-0.4, -0.2) is 36.0 Å². The highest BCUT2D eigenvalue weighted by Crippen LogP contribution is 2.48. The second kappa shape index (κ2) is 6.03. The zero-order valence-corrected chi connectivity index (χ0v) is 14.2. The summed E-state index contributed by atoms with van der Waals surface area (Å²) in [4.78, 5) is 24.9. The van der Waals surface area contributed by atoms with Gasteiger partial charge in [0.25, 0.3) is 0 Å². The standard InChI is InChI=1S/C17H29N3O2/c1-6-7-14-13-10-18-9-12(13)8-17(14,19-11(2)21)15(22)20-16(3,4)5/h6,12-14,18H,1,7-10H2,2-5H3,(H,19,21)(H,20,22)/t12-,13+,14?,17?/m0/s1. The molecule has 124 valence electrons. The summed E-state index contributed by atoms with van der Waals surface area (Å²) in [7, 11) is 0. The Morgan fingerprint density at radius 3 is 2.59 bits per heavy atom. The number of carbonyl (C=O) groups excluding carboxylic acids is 2. The minimum absolute atomic E-state index is 0.0588. The Labute approximate surface area is 133 Å². The monoisotopic (exact) mass is 307 g/mol. The summed E-state index contributed by atoms with van der Waals surface area (Å²) in [5, 5.41) is 9.50. The third kappa shape index (κ3) is 3.19. The Hall–Kier alpha value is -1.36. The fraction of sp³-hybridized carbons (Fsp3) is 0.765. The number of amides is 2. The molecule has 0 aromatic rings. The molecule has 1 heterocycles. The van der Waals surface area contributed by atoms with Gasteiger partial charge in [-0.15, -0.1) is 6.58 Å². The van der Waals surface area contributed by atoms with Gasteiger partial charge in [0, 0.05) is 12.5 Å². The lowest BCUT2D eigenvalue weighted by Gasteiger charge is -2.38. The molecule has 5 nitrogen and oxygen atoms in total. The Kier molecular flexibility index (Phi) is 4.66. The largest absolute Gasteiger partial charge is 0.349 e. The molecule has 1 saturated heterocycles. The quantitative estimate of drug-likeness (QED) is 0.684. The molecule has 2 amide bonds. The van der Waals surface area contributed by atoms with Crippen LogP contribution in [0.3, 0.4) is 0 Å². The summed E-state index contributed by atoms with van der Waals surface area (Å²) in [6.07, 6.45) is 3.30. The first kappa shape index (κ1) is 17.0. The SMILES string of the molecule is C=CCC1[C@@H]2CNC[C@@H]2CC1(NC(C)=O)C(=O)NC(C)(C)C. The lowest BCUT2D eigenvalue weighted by molar-refractivity contribution is -0.136. The summed E-state index contributed by atoms with van der Waals surface area (Å²) >= 11 is 0. The van der Waals surface area contributed by atoms with Crippen LogP contribution in [0.25, 0.3) is 0 Å². The summed E-state index contributed by atoms with van der Waals surface area (Å²) in [6.45, 7) is 13.1. The van der Waals surface area contributed by atoms with Gasteiger partial charge >= 0.3 is 0 Å². The number of carbonyl (C=O) groups is 2. The van der Waals surface area contributed by atoms with Gasteiger partial charge in [-0.1, -0.05) is 6.08 Å². The van der Waals surface area contributed by atoms with E-state index in [0.717, 1.165) is 19.5 Å². The third-order valence-corrected chi connectivity index (χ3v) is 4.84. The minimum Gasteiger partial charge on any atom is -0.349 e. The van der Waals surface area contributed by atoms with Crippen molar-refractivity contribution in [2.24, 2.45) is 17.8 Å². The Balaban J connectivity index is 2.36. The molecule has 4 atom stereocenters. The van der Waals surface area contributed by atoms with Crippen LogP contribution in [0.4, 0.5) is 0 Å². The van der Waals surface area contributed by atoms with Crippen LogP contribution in [0.15, 0.2) is 12.7 Å². The number of allylic oxidation sites excluding steroid dienone is 1. The van der Waals surface area contributed by atoms with Crippen molar-refractivity contribution in [3.05, 3.63) is 12.7 Å². The molecular weight excluding hydrogens is 278 g/mol. The Morgan fingerprint density at radius 1 is 1.36 bits per heavy atom. The van der Waals surface area contributed by atoms with E-state index in [0.29, 0.717) is 18.3 Å². The van der Waals surface area contributed by atoms with Gasteiger partial charge in [0.2, 0.25) is 11.8 Å². The zero-order valence-electron chi connectivity index (χ0n) is 14.2. The molecule has 22 heavy (non-hydrogen) atoms. The first-order valence-electron chi connectivity index (χ1n) is 8.12. The van der Waals surface area contributed by atoms with Crippen molar-refractivity contribution in [3.8, 4) is 0 Å². The second-order valence-electron chi connectivity index (χ2n) is 7.77. The summed E-state index contributed by atoms with van der Waals surface area (Å²) in [6, 6.07) is 0. The fourth-order valence-electron chi connectivity index (χ4n) is 4.16. The average Bonchev–Trinajstić information content (AvgIpc) is 2.89. The van der Waals surface area contributed by atoms with Crippen molar-refractivity contribution < 1.29 is 9.59 Å². The van der Waals surface area contributed by atoms with Gasteiger partial charge in [-0.2, -0.15) is 0 Å². The first-order chi connectivity index (χ1) is 10.2. The normalized spacial score (nSPS) is 34.1. The summed E-state index contributed by atoms with van der Waals surface area (Å²) < 4.78 is 0. The molecule has 2 rings (SSSR count).